The van der Waals surface area contributed by atoms with Crippen LogP contribution in [0.15, 0.2) is 18.2 Å². The number of ether oxygens (including phenoxy) is 1. The van der Waals surface area contributed by atoms with E-state index in [1.807, 2.05) is 46.8 Å². The molecule has 6 heteroatoms. The first-order valence-corrected chi connectivity index (χ1v) is 8.02. The summed E-state index contributed by atoms with van der Waals surface area (Å²) in [4.78, 5) is 11.6. The maximum absolute atomic E-state index is 11.6. The van der Waals surface area contributed by atoms with Crippen molar-refractivity contribution in [3.05, 3.63) is 33.8 Å². The second-order valence-corrected chi connectivity index (χ2v) is 7.16. The third kappa shape index (κ3) is 6.86. The van der Waals surface area contributed by atoms with E-state index in [4.69, 9.17) is 27.9 Å². The van der Waals surface area contributed by atoms with Gasteiger partial charge in [0.1, 0.15) is 5.60 Å². The van der Waals surface area contributed by atoms with E-state index in [2.05, 4.69) is 10.6 Å². The average molecular weight is 347 g/mol. The zero-order valence-electron chi connectivity index (χ0n) is 13.7. The maximum atomic E-state index is 11.6. The van der Waals surface area contributed by atoms with E-state index < -0.39 is 11.7 Å². The summed E-state index contributed by atoms with van der Waals surface area (Å²) in [6.45, 7) is 10.00. The van der Waals surface area contributed by atoms with Crippen LogP contribution < -0.4 is 10.6 Å². The van der Waals surface area contributed by atoms with Crippen LogP contribution >= 0.6 is 23.2 Å². The smallest absolute Gasteiger partial charge is 0.407 e. The molecule has 1 amide bonds. The predicted molar refractivity (Wildman–Crippen MR) is 91.7 cm³/mol. The van der Waals surface area contributed by atoms with Crippen molar-refractivity contribution in [2.24, 2.45) is 0 Å². The van der Waals surface area contributed by atoms with E-state index >= 15 is 0 Å². The number of rotatable bonds is 5. The number of amides is 1. The van der Waals surface area contributed by atoms with Crippen LogP contribution in [0.4, 0.5) is 4.79 Å². The van der Waals surface area contributed by atoms with Crippen molar-refractivity contribution in [1.82, 2.24) is 10.6 Å². The van der Waals surface area contributed by atoms with E-state index in [-0.39, 0.29) is 12.1 Å². The van der Waals surface area contributed by atoms with Crippen LogP contribution in [-0.4, -0.2) is 24.3 Å². The fourth-order valence-electron chi connectivity index (χ4n) is 1.91. The average Bonchev–Trinajstić information content (AvgIpc) is 2.37. The molecule has 0 spiro atoms. The minimum atomic E-state index is -0.492. The fraction of sp³-hybridized carbons (Fsp3) is 0.562. The third-order valence-corrected chi connectivity index (χ3v) is 3.67. The highest BCUT2D eigenvalue weighted by Crippen LogP contribution is 2.25. The highest BCUT2D eigenvalue weighted by atomic mass is 35.5. The molecule has 0 radical (unpaired) electrons. The summed E-state index contributed by atoms with van der Waals surface area (Å²) in [6, 6.07) is 5.72. The van der Waals surface area contributed by atoms with E-state index in [0.29, 0.717) is 16.6 Å². The largest absolute Gasteiger partial charge is 0.444 e. The van der Waals surface area contributed by atoms with Crippen molar-refractivity contribution in [1.29, 1.82) is 0 Å². The SMILES string of the molecule is CC(CNC(=O)OC(C)(C)C)NC(C)c1ccc(Cl)c(Cl)c1. The number of carbonyl (C=O) groups is 1. The van der Waals surface area contributed by atoms with Gasteiger partial charge in [0.2, 0.25) is 0 Å². The van der Waals surface area contributed by atoms with Crippen LogP contribution in [-0.2, 0) is 4.74 Å². The number of hydrogen-bond acceptors (Lipinski definition) is 3. The van der Waals surface area contributed by atoms with Crippen molar-refractivity contribution in [2.75, 3.05) is 6.54 Å². The van der Waals surface area contributed by atoms with E-state index in [1.54, 1.807) is 6.07 Å². The summed E-state index contributed by atoms with van der Waals surface area (Å²) >= 11 is 11.9. The molecule has 0 aliphatic carbocycles. The van der Waals surface area contributed by atoms with Gasteiger partial charge >= 0.3 is 6.09 Å². The molecule has 1 aromatic rings. The summed E-state index contributed by atoms with van der Waals surface area (Å²) in [5, 5.41) is 7.21. The molecule has 0 bridgehead atoms. The van der Waals surface area contributed by atoms with Gasteiger partial charge in [-0.3, -0.25) is 0 Å². The number of carbonyl (C=O) groups excluding carboxylic acids is 1. The highest BCUT2D eigenvalue weighted by molar-refractivity contribution is 6.42. The van der Waals surface area contributed by atoms with Crippen molar-refractivity contribution in [2.45, 2.75) is 52.3 Å². The highest BCUT2D eigenvalue weighted by Gasteiger charge is 2.17. The van der Waals surface area contributed by atoms with Crippen molar-refractivity contribution in [3.63, 3.8) is 0 Å². The summed E-state index contributed by atoms with van der Waals surface area (Å²) in [5.74, 6) is 0. The van der Waals surface area contributed by atoms with Gasteiger partial charge in [0, 0.05) is 18.6 Å². The summed E-state index contributed by atoms with van der Waals surface area (Å²) in [6.07, 6.45) is -0.414. The lowest BCUT2D eigenvalue weighted by Crippen LogP contribution is -2.41. The molecule has 2 N–H and O–H groups in total. The molecule has 0 aromatic heterocycles. The van der Waals surface area contributed by atoms with Crippen LogP contribution in [0.25, 0.3) is 0 Å². The Morgan fingerprint density at radius 2 is 1.86 bits per heavy atom. The van der Waals surface area contributed by atoms with Crippen LogP contribution in [0.1, 0.15) is 46.2 Å². The van der Waals surface area contributed by atoms with Gasteiger partial charge in [-0.1, -0.05) is 29.3 Å². The molecule has 4 nitrogen and oxygen atoms in total. The molecule has 0 heterocycles. The zero-order chi connectivity index (χ0) is 16.9. The number of nitrogens with one attached hydrogen (secondary N) is 2. The van der Waals surface area contributed by atoms with Gasteiger partial charge in [-0.2, -0.15) is 0 Å². The molecule has 0 aliphatic heterocycles. The molecule has 124 valence electrons. The Labute approximate surface area is 142 Å². The maximum Gasteiger partial charge on any atom is 0.407 e. The number of halogens is 2. The normalized spacial score (nSPS) is 14.3. The number of alkyl carbamates (subject to hydrolysis) is 1. The Hall–Kier alpha value is -0.970. The molecule has 0 fully saturated rings. The predicted octanol–water partition coefficient (Wildman–Crippen LogP) is 4.56. The molecule has 1 aromatic carbocycles. The van der Waals surface area contributed by atoms with Gasteiger partial charge in [0.25, 0.3) is 0 Å². The lowest BCUT2D eigenvalue weighted by Gasteiger charge is -2.23. The third-order valence-electron chi connectivity index (χ3n) is 2.93. The van der Waals surface area contributed by atoms with Crippen LogP contribution in [0, 0.1) is 0 Å². The minimum Gasteiger partial charge on any atom is -0.444 e. The van der Waals surface area contributed by atoms with Gasteiger partial charge in [-0.05, 0) is 52.3 Å². The second-order valence-electron chi connectivity index (χ2n) is 6.35. The standard InChI is InChI=1S/C16H24Cl2N2O2/c1-10(9-19-15(21)22-16(3,4)5)20-11(2)12-6-7-13(17)14(18)8-12/h6-8,10-11,20H,9H2,1-5H3,(H,19,21). The van der Waals surface area contributed by atoms with Crippen LogP contribution in [0.5, 0.6) is 0 Å². The Morgan fingerprint density at radius 1 is 1.23 bits per heavy atom. The summed E-state index contributed by atoms with van der Waals surface area (Å²) < 4.78 is 5.20. The molecule has 0 saturated heterocycles. The van der Waals surface area contributed by atoms with Crippen molar-refractivity contribution in [3.8, 4) is 0 Å². The molecule has 22 heavy (non-hydrogen) atoms. The Bertz CT molecular complexity index is 515. The molecule has 0 saturated carbocycles. The minimum absolute atomic E-state index is 0.0805. The number of hydrogen-bond donors (Lipinski definition) is 2. The zero-order valence-corrected chi connectivity index (χ0v) is 15.2. The quantitative estimate of drug-likeness (QED) is 0.821. The first-order chi connectivity index (χ1) is 10.1. The molecular formula is C16H24Cl2N2O2. The fourth-order valence-corrected chi connectivity index (χ4v) is 2.22. The van der Waals surface area contributed by atoms with E-state index in [9.17, 15) is 4.79 Å². The van der Waals surface area contributed by atoms with Gasteiger partial charge < -0.3 is 15.4 Å². The van der Waals surface area contributed by atoms with Crippen molar-refractivity contribution < 1.29 is 9.53 Å². The molecule has 1 rings (SSSR count). The first kappa shape index (κ1) is 19.1. The molecule has 0 aliphatic rings. The lowest BCUT2D eigenvalue weighted by molar-refractivity contribution is 0.0522. The van der Waals surface area contributed by atoms with Gasteiger partial charge in [0.05, 0.1) is 10.0 Å². The molecular weight excluding hydrogens is 323 g/mol. The Kier molecular flexibility index (Phi) is 6.98. The van der Waals surface area contributed by atoms with Gasteiger partial charge in [0.15, 0.2) is 0 Å². The Morgan fingerprint density at radius 3 is 2.41 bits per heavy atom. The van der Waals surface area contributed by atoms with Gasteiger partial charge in [-0.25, -0.2) is 4.79 Å². The van der Waals surface area contributed by atoms with Crippen LogP contribution in [0.3, 0.4) is 0 Å². The second kappa shape index (κ2) is 8.04. The summed E-state index contributed by atoms with van der Waals surface area (Å²) in [7, 11) is 0. The first-order valence-electron chi connectivity index (χ1n) is 7.26. The monoisotopic (exact) mass is 346 g/mol. The van der Waals surface area contributed by atoms with E-state index in [0.717, 1.165) is 5.56 Å². The lowest BCUT2D eigenvalue weighted by atomic mass is 10.1. The van der Waals surface area contributed by atoms with E-state index in [1.165, 1.54) is 0 Å². The topological polar surface area (TPSA) is 50.4 Å². The summed E-state index contributed by atoms with van der Waals surface area (Å²) in [5.41, 5.74) is 0.548. The molecule has 2 atom stereocenters. The van der Waals surface area contributed by atoms with Crippen LogP contribution in [0.2, 0.25) is 10.0 Å². The Balaban J connectivity index is 2.45. The molecule has 2 unspecified atom stereocenters. The van der Waals surface area contributed by atoms with Crippen molar-refractivity contribution >= 4 is 29.3 Å². The van der Waals surface area contributed by atoms with Gasteiger partial charge in [-0.15, -0.1) is 0 Å². The number of benzene rings is 1.